The maximum Gasteiger partial charge on any atom is 0.410 e. The molecule has 0 N–H and O–H groups in total. The Morgan fingerprint density at radius 1 is 0.952 bits per heavy atom. The van der Waals surface area contributed by atoms with Crippen LogP contribution in [0, 0.1) is 5.41 Å². The molecular formula is C17H36N2O2. The molecule has 0 bridgehead atoms. The molecule has 4 heteroatoms. The van der Waals surface area contributed by atoms with E-state index in [9.17, 15) is 4.79 Å². The summed E-state index contributed by atoms with van der Waals surface area (Å²) in [6, 6.07) is 0. The molecule has 0 spiro atoms. The molecule has 0 aliphatic carbocycles. The van der Waals surface area contributed by atoms with Crippen LogP contribution >= 0.6 is 0 Å². The zero-order valence-corrected chi connectivity index (χ0v) is 15.5. The summed E-state index contributed by atoms with van der Waals surface area (Å²) in [6.45, 7) is 21.1. The van der Waals surface area contributed by atoms with Crippen LogP contribution in [-0.2, 0) is 4.74 Å². The summed E-state index contributed by atoms with van der Waals surface area (Å²) in [5.41, 5.74) is -0.0250. The van der Waals surface area contributed by atoms with Crippen molar-refractivity contribution in [3.63, 3.8) is 0 Å². The second-order valence-corrected chi connectivity index (χ2v) is 7.62. The van der Waals surface area contributed by atoms with Crippen molar-refractivity contribution in [3.8, 4) is 0 Å². The Labute approximate surface area is 131 Å². The van der Waals surface area contributed by atoms with Gasteiger partial charge in [0.05, 0.1) is 0 Å². The molecule has 0 radical (unpaired) electrons. The van der Waals surface area contributed by atoms with Gasteiger partial charge in [0, 0.05) is 26.2 Å². The van der Waals surface area contributed by atoms with Gasteiger partial charge in [0.1, 0.15) is 5.60 Å². The number of rotatable bonds is 2. The lowest BCUT2D eigenvalue weighted by molar-refractivity contribution is 0.0137. The second kappa shape index (κ2) is 8.62. The topological polar surface area (TPSA) is 32.8 Å². The van der Waals surface area contributed by atoms with E-state index in [-0.39, 0.29) is 6.09 Å². The molecule has 1 aliphatic rings. The lowest BCUT2D eigenvalue weighted by Crippen LogP contribution is -2.50. The van der Waals surface area contributed by atoms with E-state index in [4.69, 9.17) is 4.74 Å². The lowest BCUT2D eigenvalue weighted by atomic mass is 9.92. The van der Waals surface area contributed by atoms with Gasteiger partial charge in [-0.1, -0.05) is 34.6 Å². The molecule has 1 aliphatic heterocycles. The van der Waals surface area contributed by atoms with Crippen molar-refractivity contribution in [2.24, 2.45) is 5.41 Å². The number of carbonyl (C=O) groups excluding carboxylic acids is 1. The van der Waals surface area contributed by atoms with Gasteiger partial charge in [-0.05, 0) is 39.2 Å². The number of piperazine rings is 1. The minimum Gasteiger partial charge on any atom is -0.444 e. The standard InChI is InChI=1S/C15H30N2O2.C2H6/c1-14(2,3)7-8-16-9-11-17(12-10-16)13(18)19-15(4,5)6;1-2/h7-12H2,1-6H3;1-2H3. The van der Waals surface area contributed by atoms with Gasteiger partial charge in [-0.3, -0.25) is 4.90 Å². The minimum absolute atomic E-state index is 0.178. The van der Waals surface area contributed by atoms with Crippen LogP contribution in [-0.4, -0.2) is 54.2 Å². The van der Waals surface area contributed by atoms with Crippen molar-refractivity contribution in [1.82, 2.24) is 9.80 Å². The molecular weight excluding hydrogens is 264 g/mol. The summed E-state index contributed by atoms with van der Waals surface area (Å²) in [6.07, 6.45) is 1.02. The van der Waals surface area contributed by atoms with Gasteiger partial charge in [0.15, 0.2) is 0 Å². The van der Waals surface area contributed by atoms with Crippen molar-refractivity contribution < 1.29 is 9.53 Å². The number of hydrogen-bond donors (Lipinski definition) is 0. The van der Waals surface area contributed by atoms with Gasteiger partial charge in [-0.2, -0.15) is 0 Å². The van der Waals surface area contributed by atoms with E-state index in [1.165, 1.54) is 6.42 Å². The van der Waals surface area contributed by atoms with Crippen LogP contribution < -0.4 is 0 Å². The maximum atomic E-state index is 11.9. The number of nitrogens with zero attached hydrogens (tertiary/aromatic N) is 2. The third kappa shape index (κ3) is 9.72. The molecule has 1 fully saturated rings. The van der Waals surface area contributed by atoms with Crippen LogP contribution in [0.1, 0.15) is 61.8 Å². The summed E-state index contributed by atoms with van der Waals surface area (Å²) >= 11 is 0. The van der Waals surface area contributed by atoms with Gasteiger partial charge >= 0.3 is 6.09 Å². The number of carbonyl (C=O) groups is 1. The lowest BCUT2D eigenvalue weighted by Gasteiger charge is -2.36. The fourth-order valence-corrected chi connectivity index (χ4v) is 1.97. The average molecular weight is 300 g/mol. The van der Waals surface area contributed by atoms with Crippen molar-refractivity contribution in [3.05, 3.63) is 0 Å². The first kappa shape index (κ1) is 20.2. The molecule has 0 aromatic carbocycles. The summed E-state index contributed by atoms with van der Waals surface area (Å²) in [5, 5.41) is 0. The highest BCUT2D eigenvalue weighted by molar-refractivity contribution is 5.68. The smallest absolute Gasteiger partial charge is 0.410 e. The van der Waals surface area contributed by atoms with Gasteiger partial charge < -0.3 is 9.64 Å². The zero-order chi connectivity index (χ0) is 16.7. The van der Waals surface area contributed by atoms with Crippen LogP contribution in [0.5, 0.6) is 0 Å². The second-order valence-electron chi connectivity index (χ2n) is 7.62. The molecule has 126 valence electrons. The SMILES string of the molecule is CC.CC(C)(C)CCN1CCN(C(=O)OC(C)(C)C)CC1. The minimum atomic E-state index is -0.402. The Morgan fingerprint density at radius 3 is 1.81 bits per heavy atom. The Hall–Kier alpha value is -0.770. The maximum absolute atomic E-state index is 11.9. The Balaban J connectivity index is 0.00000191. The molecule has 4 nitrogen and oxygen atoms in total. The average Bonchev–Trinajstić information content (AvgIpc) is 2.36. The molecule has 0 aromatic rings. The van der Waals surface area contributed by atoms with Crippen LogP contribution in [0.3, 0.4) is 0 Å². The molecule has 0 aromatic heterocycles. The molecule has 1 saturated heterocycles. The number of hydrogen-bond acceptors (Lipinski definition) is 3. The predicted molar refractivity (Wildman–Crippen MR) is 89.7 cm³/mol. The molecule has 1 rings (SSSR count). The summed E-state index contributed by atoms with van der Waals surface area (Å²) in [4.78, 5) is 16.2. The molecule has 0 saturated carbocycles. The third-order valence-electron chi connectivity index (χ3n) is 3.20. The molecule has 0 unspecified atom stereocenters. The van der Waals surface area contributed by atoms with Crippen molar-refractivity contribution >= 4 is 6.09 Å². The fourth-order valence-electron chi connectivity index (χ4n) is 1.97. The van der Waals surface area contributed by atoms with Crippen LogP contribution in [0.25, 0.3) is 0 Å². The van der Waals surface area contributed by atoms with Crippen molar-refractivity contribution in [1.29, 1.82) is 0 Å². The van der Waals surface area contributed by atoms with E-state index in [1.54, 1.807) is 0 Å². The zero-order valence-electron chi connectivity index (χ0n) is 15.5. The monoisotopic (exact) mass is 300 g/mol. The van der Waals surface area contributed by atoms with E-state index >= 15 is 0 Å². The Kier molecular flexibility index (Phi) is 8.30. The van der Waals surface area contributed by atoms with Crippen LogP contribution in [0.15, 0.2) is 0 Å². The summed E-state index contributed by atoms with van der Waals surface area (Å²) < 4.78 is 5.40. The Bertz CT molecular complexity index is 295. The first-order valence-electron chi connectivity index (χ1n) is 8.27. The van der Waals surface area contributed by atoms with Crippen molar-refractivity contribution in [2.75, 3.05) is 32.7 Å². The predicted octanol–water partition coefficient (Wildman–Crippen LogP) is 4.00. The summed E-state index contributed by atoms with van der Waals surface area (Å²) in [7, 11) is 0. The third-order valence-corrected chi connectivity index (χ3v) is 3.20. The van der Waals surface area contributed by atoms with E-state index in [0.717, 1.165) is 32.7 Å². The normalized spacial score (nSPS) is 17.0. The van der Waals surface area contributed by atoms with E-state index in [0.29, 0.717) is 5.41 Å². The van der Waals surface area contributed by atoms with E-state index in [2.05, 4.69) is 25.7 Å². The molecule has 0 atom stereocenters. The van der Waals surface area contributed by atoms with Gasteiger partial charge in [-0.25, -0.2) is 4.79 Å². The largest absolute Gasteiger partial charge is 0.444 e. The number of amides is 1. The highest BCUT2D eigenvalue weighted by atomic mass is 16.6. The van der Waals surface area contributed by atoms with Gasteiger partial charge in [0.2, 0.25) is 0 Å². The first-order chi connectivity index (χ1) is 9.57. The van der Waals surface area contributed by atoms with Crippen LogP contribution in [0.4, 0.5) is 4.79 Å². The van der Waals surface area contributed by atoms with Crippen LogP contribution in [0.2, 0.25) is 0 Å². The fraction of sp³-hybridized carbons (Fsp3) is 0.941. The first-order valence-corrected chi connectivity index (χ1v) is 8.27. The van der Waals surface area contributed by atoms with Gasteiger partial charge in [0.25, 0.3) is 0 Å². The molecule has 1 heterocycles. The van der Waals surface area contributed by atoms with E-state index in [1.807, 2.05) is 39.5 Å². The molecule has 1 amide bonds. The van der Waals surface area contributed by atoms with Gasteiger partial charge in [-0.15, -0.1) is 0 Å². The highest BCUT2D eigenvalue weighted by Crippen LogP contribution is 2.19. The van der Waals surface area contributed by atoms with E-state index < -0.39 is 5.60 Å². The van der Waals surface area contributed by atoms with Crippen molar-refractivity contribution in [2.45, 2.75) is 67.4 Å². The molecule has 21 heavy (non-hydrogen) atoms. The number of ether oxygens (including phenoxy) is 1. The summed E-state index contributed by atoms with van der Waals surface area (Å²) in [5.74, 6) is 0. The highest BCUT2D eigenvalue weighted by Gasteiger charge is 2.26. The Morgan fingerprint density at radius 2 is 1.43 bits per heavy atom. The quantitative estimate of drug-likeness (QED) is 0.772.